The molecule has 1 saturated heterocycles. The van der Waals surface area contributed by atoms with E-state index in [1.807, 2.05) is 12.1 Å². The quantitative estimate of drug-likeness (QED) is 0.936. The first-order valence-electron chi connectivity index (χ1n) is 8.41. The van der Waals surface area contributed by atoms with Gasteiger partial charge in [0.2, 0.25) is 0 Å². The molecule has 128 valence electrons. The molecular formula is C20H26N2O2. The van der Waals surface area contributed by atoms with Crippen molar-refractivity contribution in [1.82, 2.24) is 0 Å². The third kappa shape index (κ3) is 3.34. The molecule has 0 aliphatic carbocycles. The predicted octanol–water partition coefficient (Wildman–Crippen LogP) is 3.33. The first-order chi connectivity index (χ1) is 11.6. The van der Waals surface area contributed by atoms with Gasteiger partial charge >= 0.3 is 0 Å². The summed E-state index contributed by atoms with van der Waals surface area (Å²) >= 11 is 0. The van der Waals surface area contributed by atoms with Gasteiger partial charge in [0, 0.05) is 36.8 Å². The van der Waals surface area contributed by atoms with Crippen LogP contribution in [0.25, 0.3) is 0 Å². The molecule has 1 aliphatic rings. The Morgan fingerprint density at radius 1 is 1.00 bits per heavy atom. The fraction of sp³-hybridized carbons (Fsp3) is 0.400. The van der Waals surface area contributed by atoms with Crippen molar-refractivity contribution in [3.8, 4) is 11.5 Å². The topological polar surface area (TPSA) is 47.7 Å². The summed E-state index contributed by atoms with van der Waals surface area (Å²) < 4.78 is 10.8. The molecule has 2 aromatic rings. The van der Waals surface area contributed by atoms with Crippen LogP contribution in [0.3, 0.4) is 0 Å². The van der Waals surface area contributed by atoms with Crippen molar-refractivity contribution >= 4 is 5.69 Å². The van der Waals surface area contributed by atoms with Crippen molar-refractivity contribution in [2.24, 2.45) is 5.73 Å². The molecule has 0 bridgehead atoms. The molecule has 0 aromatic heterocycles. The van der Waals surface area contributed by atoms with Crippen LogP contribution < -0.4 is 20.1 Å². The Bertz CT molecular complexity index is 685. The van der Waals surface area contributed by atoms with E-state index in [1.165, 1.54) is 11.1 Å². The second kappa shape index (κ2) is 7.14. The summed E-state index contributed by atoms with van der Waals surface area (Å²) in [6.07, 6.45) is 0.979. The monoisotopic (exact) mass is 326 g/mol. The van der Waals surface area contributed by atoms with E-state index in [1.54, 1.807) is 14.2 Å². The van der Waals surface area contributed by atoms with Crippen LogP contribution in [0.2, 0.25) is 0 Å². The highest BCUT2D eigenvalue weighted by atomic mass is 16.5. The minimum Gasteiger partial charge on any atom is -0.493 e. The van der Waals surface area contributed by atoms with Gasteiger partial charge < -0.3 is 20.1 Å². The first kappa shape index (κ1) is 16.7. The molecule has 1 heterocycles. The zero-order chi connectivity index (χ0) is 17.1. The zero-order valence-corrected chi connectivity index (χ0v) is 14.7. The summed E-state index contributed by atoms with van der Waals surface area (Å²) in [6.45, 7) is 3.99. The van der Waals surface area contributed by atoms with E-state index in [9.17, 15) is 0 Å². The number of benzene rings is 2. The summed E-state index contributed by atoms with van der Waals surface area (Å²) in [7, 11) is 3.33. The van der Waals surface area contributed by atoms with Crippen molar-refractivity contribution in [2.45, 2.75) is 25.3 Å². The molecule has 2 N–H and O–H groups in total. The molecule has 3 rings (SSSR count). The number of hydrogen-bond donors (Lipinski definition) is 1. The SMILES string of the molecule is COc1ccc(N2CCC(N)C(c3ccc(C)cc3)C2)cc1OC. The minimum atomic E-state index is 0.198. The number of methoxy groups -OCH3 is 2. The lowest BCUT2D eigenvalue weighted by molar-refractivity contribution is 0.354. The molecule has 0 radical (unpaired) electrons. The molecule has 0 saturated carbocycles. The fourth-order valence-electron chi connectivity index (χ4n) is 3.39. The smallest absolute Gasteiger partial charge is 0.162 e. The number of nitrogens with zero attached hydrogens (tertiary/aromatic N) is 1. The standard InChI is InChI=1S/C20H26N2O2/c1-14-4-6-15(7-5-14)17-13-22(11-10-18(17)21)16-8-9-19(23-2)20(12-16)24-3/h4-9,12,17-18H,10-11,13,21H2,1-3H3. The summed E-state index contributed by atoms with van der Waals surface area (Å²) in [5.41, 5.74) is 10.2. The molecule has 2 unspecified atom stereocenters. The molecule has 24 heavy (non-hydrogen) atoms. The van der Waals surface area contributed by atoms with Crippen LogP contribution in [0.1, 0.15) is 23.5 Å². The highest BCUT2D eigenvalue weighted by molar-refractivity contribution is 5.57. The Balaban J connectivity index is 1.83. The van der Waals surface area contributed by atoms with Gasteiger partial charge in [-0.2, -0.15) is 0 Å². The van der Waals surface area contributed by atoms with Gasteiger partial charge in [0.05, 0.1) is 14.2 Å². The number of hydrogen-bond acceptors (Lipinski definition) is 4. The Morgan fingerprint density at radius 3 is 2.38 bits per heavy atom. The van der Waals surface area contributed by atoms with E-state index in [4.69, 9.17) is 15.2 Å². The van der Waals surface area contributed by atoms with Gasteiger partial charge in [0.1, 0.15) is 0 Å². The molecule has 4 nitrogen and oxygen atoms in total. The van der Waals surface area contributed by atoms with Gasteiger partial charge in [0.15, 0.2) is 11.5 Å². The van der Waals surface area contributed by atoms with Gasteiger partial charge in [-0.1, -0.05) is 29.8 Å². The van der Waals surface area contributed by atoms with E-state index in [2.05, 4.69) is 42.2 Å². The van der Waals surface area contributed by atoms with Crippen LogP contribution in [0.4, 0.5) is 5.69 Å². The van der Waals surface area contributed by atoms with E-state index in [-0.39, 0.29) is 6.04 Å². The zero-order valence-electron chi connectivity index (χ0n) is 14.7. The van der Waals surface area contributed by atoms with Crippen molar-refractivity contribution in [2.75, 3.05) is 32.2 Å². The Labute approximate surface area is 144 Å². The summed E-state index contributed by atoms with van der Waals surface area (Å²) in [6, 6.07) is 15.0. The van der Waals surface area contributed by atoms with E-state index in [0.29, 0.717) is 5.92 Å². The molecular weight excluding hydrogens is 300 g/mol. The number of nitrogens with two attached hydrogens (primary N) is 1. The van der Waals surface area contributed by atoms with E-state index >= 15 is 0 Å². The third-order valence-electron chi connectivity index (χ3n) is 4.90. The number of anilines is 1. The maximum Gasteiger partial charge on any atom is 0.162 e. The van der Waals surface area contributed by atoms with Crippen LogP contribution in [0, 0.1) is 6.92 Å². The maximum atomic E-state index is 6.42. The average molecular weight is 326 g/mol. The van der Waals surface area contributed by atoms with Crippen LogP contribution in [-0.4, -0.2) is 33.4 Å². The lowest BCUT2D eigenvalue weighted by Gasteiger charge is -2.38. The van der Waals surface area contributed by atoms with Crippen LogP contribution in [0.15, 0.2) is 42.5 Å². The van der Waals surface area contributed by atoms with Gasteiger partial charge in [-0.15, -0.1) is 0 Å². The van der Waals surface area contributed by atoms with Gasteiger partial charge in [0.25, 0.3) is 0 Å². The van der Waals surface area contributed by atoms with E-state index < -0.39 is 0 Å². The maximum absolute atomic E-state index is 6.42. The Morgan fingerprint density at radius 2 is 1.71 bits per heavy atom. The lowest BCUT2D eigenvalue weighted by Crippen LogP contribution is -2.45. The van der Waals surface area contributed by atoms with Crippen molar-refractivity contribution < 1.29 is 9.47 Å². The van der Waals surface area contributed by atoms with Crippen LogP contribution in [0.5, 0.6) is 11.5 Å². The molecule has 2 aromatic carbocycles. The number of piperidine rings is 1. The second-order valence-electron chi connectivity index (χ2n) is 6.46. The van der Waals surface area contributed by atoms with E-state index in [0.717, 1.165) is 36.7 Å². The predicted molar refractivity (Wildman–Crippen MR) is 98.3 cm³/mol. The largest absolute Gasteiger partial charge is 0.493 e. The molecule has 1 aliphatic heterocycles. The molecule has 2 atom stereocenters. The molecule has 4 heteroatoms. The summed E-state index contributed by atoms with van der Waals surface area (Å²) in [4.78, 5) is 2.38. The number of rotatable bonds is 4. The van der Waals surface area contributed by atoms with Crippen molar-refractivity contribution in [3.63, 3.8) is 0 Å². The number of aryl methyl sites for hydroxylation is 1. The third-order valence-corrected chi connectivity index (χ3v) is 4.90. The van der Waals surface area contributed by atoms with Crippen LogP contribution >= 0.6 is 0 Å². The Kier molecular flexibility index (Phi) is 4.95. The van der Waals surface area contributed by atoms with Gasteiger partial charge in [-0.25, -0.2) is 0 Å². The normalized spacial score (nSPS) is 20.8. The van der Waals surface area contributed by atoms with Crippen LogP contribution in [-0.2, 0) is 0 Å². The first-order valence-corrected chi connectivity index (χ1v) is 8.41. The lowest BCUT2D eigenvalue weighted by atomic mass is 9.86. The number of ether oxygens (including phenoxy) is 2. The second-order valence-corrected chi connectivity index (χ2v) is 6.46. The van der Waals surface area contributed by atoms with Gasteiger partial charge in [-0.3, -0.25) is 0 Å². The highest BCUT2D eigenvalue weighted by Crippen LogP contribution is 2.35. The Hall–Kier alpha value is -2.20. The average Bonchev–Trinajstić information content (AvgIpc) is 2.62. The fourth-order valence-corrected chi connectivity index (χ4v) is 3.39. The molecule has 0 spiro atoms. The minimum absolute atomic E-state index is 0.198. The molecule has 1 fully saturated rings. The highest BCUT2D eigenvalue weighted by Gasteiger charge is 2.28. The van der Waals surface area contributed by atoms with Crippen molar-refractivity contribution in [3.05, 3.63) is 53.6 Å². The molecule has 0 amide bonds. The summed E-state index contributed by atoms with van der Waals surface area (Å²) in [5.74, 6) is 1.86. The summed E-state index contributed by atoms with van der Waals surface area (Å²) in [5, 5.41) is 0. The van der Waals surface area contributed by atoms with Gasteiger partial charge in [-0.05, 0) is 31.0 Å². The van der Waals surface area contributed by atoms with Crippen molar-refractivity contribution in [1.29, 1.82) is 0 Å².